The van der Waals surface area contributed by atoms with Gasteiger partial charge in [-0.15, -0.1) is 0 Å². The lowest BCUT2D eigenvalue weighted by molar-refractivity contribution is 1.36. The Kier molecular flexibility index (Phi) is 1.39. The summed E-state index contributed by atoms with van der Waals surface area (Å²) in [4.78, 5) is 7.54. The minimum atomic E-state index is 1.16. The maximum absolute atomic E-state index is 4.16. The smallest absolute Gasteiger partial charge is 0.0496 e. The number of pyridine rings is 1. The summed E-state index contributed by atoms with van der Waals surface area (Å²) >= 11 is 0. The third-order valence-corrected chi connectivity index (χ3v) is 2.63. The van der Waals surface area contributed by atoms with Gasteiger partial charge >= 0.3 is 0 Å². The average Bonchev–Trinajstić information content (AvgIpc) is 2.57. The topological polar surface area (TPSA) is 28.7 Å². The monoisotopic (exact) mass is 182 g/mol. The van der Waals surface area contributed by atoms with Crippen LogP contribution >= 0.6 is 0 Å². The minimum Gasteiger partial charge on any atom is -0.354 e. The first kappa shape index (κ1) is 7.56. The van der Waals surface area contributed by atoms with Crippen molar-refractivity contribution >= 4 is 21.8 Å². The molecule has 0 aliphatic carbocycles. The number of H-pyrrole nitrogens is 1. The van der Waals surface area contributed by atoms with E-state index in [0.29, 0.717) is 0 Å². The number of hydrogen-bond donors (Lipinski definition) is 1. The van der Waals surface area contributed by atoms with Crippen LogP contribution in [0.2, 0.25) is 0 Å². The number of nitrogens with one attached hydrogen (secondary N) is 1. The molecule has 2 aromatic heterocycles. The third kappa shape index (κ3) is 0.880. The van der Waals surface area contributed by atoms with Crippen molar-refractivity contribution in [2.75, 3.05) is 0 Å². The van der Waals surface area contributed by atoms with Gasteiger partial charge in [-0.1, -0.05) is 12.1 Å². The van der Waals surface area contributed by atoms with Crippen molar-refractivity contribution in [3.05, 3.63) is 42.2 Å². The van der Waals surface area contributed by atoms with Crippen molar-refractivity contribution in [2.45, 2.75) is 6.92 Å². The largest absolute Gasteiger partial charge is 0.354 e. The van der Waals surface area contributed by atoms with Crippen LogP contribution < -0.4 is 0 Å². The highest BCUT2D eigenvalue weighted by atomic mass is 14.7. The number of hydrogen-bond acceptors (Lipinski definition) is 1. The molecule has 1 aromatic carbocycles. The molecular formula is C12H10N2. The zero-order valence-electron chi connectivity index (χ0n) is 7.91. The molecule has 0 fully saturated rings. The fourth-order valence-electron chi connectivity index (χ4n) is 1.98. The van der Waals surface area contributed by atoms with Crippen molar-refractivity contribution in [1.29, 1.82) is 0 Å². The van der Waals surface area contributed by atoms with Crippen LogP contribution in [0.1, 0.15) is 5.56 Å². The fraction of sp³-hybridized carbons (Fsp3) is 0.0833. The predicted octanol–water partition coefficient (Wildman–Crippen LogP) is 3.02. The molecule has 68 valence electrons. The van der Waals surface area contributed by atoms with Gasteiger partial charge in [-0.2, -0.15) is 0 Å². The van der Waals surface area contributed by atoms with E-state index in [0.717, 1.165) is 5.52 Å². The van der Waals surface area contributed by atoms with Crippen molar-refractivity contribution in [1.82, 2.24) is 9.97 Å². The van der Waals surface area contributed by atoms with Crippen LogP contribution in [0.5, 0.6) is 0 Å². The minimum absolute atomic E-state index is 1.16. The van der Waals surface area contributed by atoms with Crippen LogP contribution in [-0.2, 0) is 0 Å². The Morgan fingerprint density at radius 3 is 3.00 bits per heavy atom. The molecule has 0 aliphatic heterocycles. The number of nitrogens with zero attached hydrogens (tertiary/aromatic N) is 1. The lowest BCUT2D eigenvalue weighted by Gasteiger charge is -1.94. The molecule has 0 saturated heterocycles. The molecule has 2 nitrogen and oxygen atoms in total. The molecule has 0 unspecified atom stereocenters. The van der Waals surface area contributed by atoms with E-state index in [1.807, 2.05) is 18.5 Å². The SMILES string of the molecule is Cc1cccc2[nH]c3ccncc3c12. The number of aryl methyl sites for hydroxylation is 1. The maximum atomic E-state index is 4.16. The van der Waals surface area contributed by atoms with E-state index in [4.69, 9.17) is 0 Å². The highest BCUT2D eigenvalue weighted by Crippen LogP contribution is 2.26. The number of aromatic amines is 1. The van der Waals surface area contributed by atoms with E-state index in [1.165, 1.54) is 21.9 Å². The van der Waals surface area contributed by atoms with Gasteiger partial charge in [-0.25, -0.2) is 0 Å². The molecule has 0 amide bonds. The molecule has 3 aromatic rings. The first-order valence-corrected chi connectivity index (χ1v) is 4.67. The van der Waals surface area contributed by atoms with E-state index in [-0.39, 0.29) is 0 Å². The van der Waals surface area contributed by atoms with Crippen LogP contribution in [0.25, 0.3) is 21.8 Å². The Labute approximate surface area is 81.6 Å². The Morgan fingerprint density at radius 1 is 1.14 bits per heavy atom. The predicted molar refractivity (Wildman–Crippen MR) is 58.3 cm³/mol. The lowest BCUT2D eigenvalue weighted by Crippen LogP contribution is -1.73. The summed E-state index contributed by atoms with van der Waals surface area (Å²) in [5, 5.41) is 2.50. The number of benzene rings is 1. The van der Waals surface area contributed by atoms with Gasteiger partial charge in [0, 0.05) is 34.2 Å². The molecule has 14 heavy (non-hydrogen) atoms. The van der Waals surface area contributed by atoms with Crippen LogP contribution in [0, 0.1) is 6.92 Å². The van der Waals surface area contributed by atoms with E-state index in [9.17, 15) is 0 Å². The normalized spacial score (nSPS) is 11.2. The van der Waals surface area contributed by atoms with E-state index < -0.39 is 0 Å². The second-order valence-corrected chi connectivity index (χ2v) is 3.54. The summed E-state index contributed by atoms with van der Waals surface area (Å²) in [6.07, 6.45) is 3.73. The van der Waals surface area contributed by atoms with Gasteiger partial charge in [0.05, 0.1) is 0 Å². The zero-order chi connectivity index (χ0) is 9.54. The van der Waals surface area contributed by atoms with E-state index in [2.05, 4.69) is 35.1 Å². The van der Waals surface area contributed by atoms with Crippen LogP contribution in [0.15, 0.2) is 36.7 Å². The maximum Gasteiger partial charge on any atom is 0.0496 e. The first-order valence-electron chi connectivity index (χ1n) is 4.67. The quantitative estimate of drug-likeness (QED) is 0.568. The van der Waals surface area contributed by atoms with Crippen molar-refractivity contribution < 1.29 is 0 Å². The molecule has 0 atom stereocenters. The summed E-state index contributed by atoms with van der Waals surface area (Å²) in [5.41, 5.74) is 3.64. The Bertz CT molecular complexity index is 608. The molecular weight excluding hydrogens is 172 g/mol. The third-order valence-electron chi connectivity index (χ3n) is 2.63. The second-order valence-electron chi connectivity index (χ2n) is 3.54. The van der Waals surface area contributed by atoms with Crippen molar-refractivity contribution in [2.24, 2.45) is 0 Å². The van der Waals surface area contributed by atoms with Gasteiger partial charge < -0.3 is 4.98 Å². The first-order chi connectivity index (χ1) is 6.86. The summed E-state index contributed by atoms with van der Waals surface area (Å²) in [5.74, 6) is 0. The number of rotatable bonds is 0. The van der Waals surface area contributed by atoms with Gasteiger partial charge in [0.25, 0.3) is 0 Å². The molecule has 1 N–H and O–H groups in total. The number of fused-ring (bicyclic) bond motifs is 3. The van der Waals surface area contributed by atoms with Crippen molar-refractivity contribution in [3.8, 4) is 0 Å². The van der Waals surface area contributed by atoms with Gasteiger partial charge in [-0.05, 0) is 24.6 Å². The summed E-state index contributed by atoms with van der Waals surface area (Å²) in [7, 11) is 0. The fourth-order valence-corrected chi connectivity index (χ4v) is 1.98. The second kappa shape index (κ2) is 2.58. The molecule has 2 heterocycles. The Hall–Kier alpha value is -1.83. The summed E-state index contributed by atoms with van der Waals surface area (Å²) < 4.78 is 0. The molecule has 0 bridgehead atoms. The van der Waals surface area contributed by atoms with Crippen LogP contribution in [-0.4, -0.2) is 9.97 Å². The zero-order valence-corrected chi connectivity index (χ0v) is 7.91. The molecule has 0 spiro atoms. The highest BCUT2D eigenvalue weighted by Gasteiger charge is 2.04. The molecule has 0 saturated carbocycles. The average molecular weight is 182 g/mol. The lowest BCUT2D eigenvalue weighted by atomic mass is 10.1. The number of aromatic nitrogens is 2. The van der Waals surface area contributed by atoms with Gasteiger partial charge in [0.15, 0.2) is 0 Å². The van der Waals surface area contributed by atoms with Gasteiger partial charge in [0.1, 0.15) is 0 Å². The highest BCUT2D eigenvalue weighted by molar-refractivity contribution is 6.08. The van der Waals surface area contributed by atoms with Crippen LogP contribution in [0.4, 0.5) is 0 Å². The molecule has 3 rings (SSSR count). The van der Waals surface area contributed by atoms with Crippen molar-refractivity contribution in [3.63, 3.8) is 0 Å². The molecule has 0 aliphatic rings. The standard InChI is InChI=1S/C12H10N2/c1-8-3-2-4-11-12(8)9-7-13-6-5-10(9)14-11/h2-7,14H,1H3. The molecule has 2 heteroatoms. The summed E-state index contributed by atoms with van der Waals surface area (Å²) in [6, 6.07) is 8.31. The Morgan fingerprint density at radius 2 is 2.07 bits per heavy atom. The van der Waals surface area contributed by atoms with Gasteiger partial charge in [-0.3, -0.25) is 4.98 Å². The van der Waals surface area contributed by atoms with E-state index in [1.54, 1.807) is 0 Å². The summed E-state index contributed by atoms with van der Waals surface area (Å²) in [6.45, 7) is 2.13. The van der Waals surface area contributed by atoms with Crippen LogP contribution in [0.3, 0.4) is 0 Å². The van der Waals surface area contributed by atoms with Gasteiger partial charge in [0.2, 0.25) is 0 Å². The molecule has 0 radical (unpaired) electrons. The Balaban J connectivity index is 2.65. The van der Waals surface area contributed by atoms with E-state index >= 15 is 0 Å².